The first-order chi connectivity index (χ1) is 32.5. The average molecular weight is 973 g/mol. The number of methoxy groups -OCH3 is 2. The topological polar surface area (TPSA) is 241 Å². The summed E-state index contributed by atoms with van der Waals surface area (Å²) in [5, 5.41) is 27.4. The molecule has 1 aromatic rings. The summed E-state index contributed by atoms with van der Waals surface area (Å²) in [7, 11) is 6.15. The molecule has 1 saturated heterocycles. The Balaban J connectivity index is 2.17. The Morgan fingerprint density at radius 3 is 2.00 bits per heavy atom. The molecule has 5 N–H and O–H groups in total. The predicted molar refractivity (Wildman–Crippen MR) is 262 cm³/mol. The molecule has 0 radical (unpaired) electrons. The van der Waals surface area contributed by atoms with E-state index in [0.717, 1.165) is 5.56 Å². The minimum atomic E-state index is -1.17. The standard InChI is InChI=1S/C51H84N6O12/c1-13-33(6)45(39(68-11)30-42(60)57-28-20-24-38(57)46(69-12)35(8)47(61)53-37(51(66)67)29-36-22-15-14-16-23-36)56(10)49(63)43(31(2)3)54-48(62)44(32(4)5)55(9)41(59)26-19-25-40(58)52-27-18-17-21-34(7)50(64)65/h14-16,22-23,31-35,37-39,43-46H,13,17-21,24-30H2,1-12H3,(H,52,58)(H,53,61)(H,54,62)(H,64,65)(H,66,67)/t33-,34?,35+,37-,38-,39+,43-,44-,45-,46+/m0/s1. The van der Waals surface area contributed by atoms with Crippen molar-refractivity contribution in [3.8, 4) is 0 Å². The summed E-state index contributed by atoms with van der Waals surface area (Å²) in [6, 6.07) is 4.86. The molecule has 6 amide bonds. The molecular formula is C51H84N6O12. The SMILES string of the molecule is CC[C@H](C)[C@@H]([C@@H](CC(=O)N1CCC[C@H]1[C@H](OC)[C@@H](C)C(=O)N[C@@H](Cc1ccccc1)C(=O)O)OC)N(C)C(=O)[C@@H](NC(=O)[C@H](C(C)C)N(C)C(=O)CCCC(=O)NCCCCC(C)C(=O)O)C(C)C. The summed E-state index contributed by atoms with van der Waals surface area (Å²) in [6.45, 7) is 15.3. The van der Waals surface area contributed by atoms with Gasteiger partial charge in [-0.15, -0.1) is 0 Å². The van der Waals surface area contributed by atoms with Crippen LogP contribution in [0.1, 0.15) is 125 Å². The maximum Gasteiger partial charge on any atom is 0.326 e. The fourth-order valence-electron chi connectivity index (χ4n) is 9.30. The Hall–Kier alpha value is -5.10. The van der Waals surface area contributed by atoms with Crippen LogP contribution in [-0.2, 0) is 54.3 Å². The molecule has 1 heterocycles. The lowest BCUT2D eigenvalue weighted by Gasteiger charge is -2.41. The van der Waals surface area contributed by atoms with E-state index in [-0.39, 0.29) is 73.5 Å². The highest BCUT2D eigenvalue weighted by molar-refractivity contribution is 5.92. The number of carbonyl (C=O) groups is 8. The van der Waals surface area contributed by atoms with E-state index in [9.17, 15) is 43.5 Å². The molecule has 1 aliphatic heterocycles. The quantitative estimate of drug-likeness (QED) is 0.0646. The van der Waals surface area contributed by atoms with Gasteiger partial charge >= 0.3 is 11.9 Å². The van der Waals surface area contributed by atoms with Crippen molar-refractivity contribution in [3.05, 3.63) is 35.9 Å². The van der Waals surface area contributed by atoms with Crippen molar-refractivity contribution in [1.82, 2.24) is 30.7 Å². The number of unbranched alkanes of at least 4 members (excludes halogenated alkanes) is 1. The highest BCUT2D eigenvalue weighted by Gasteiger charge is 2.44. The third kappa shape index (κ3) is 18.3. The molecule has 1 fully saturated rings. The Morgan fingerprint density at radius 1 is 0.797 bits per heavy atom. The van der Waals surface area contributed by atoms with Gasteiger partial charge in [-0.05, 0) is 55.4 Å². The Bertz CT molecular complexity index is 1830. The number of carboxylic acid groups (broad SMARTS) is 2. The number of ether oxygens (including phenoxy) is 2. The number of hydrogen-bond acceptors (Lipinski definition) is 10. The number of amides is 6. The summed E-state index contributed by atoms with van der Waals surface area (Å²) in [6.07, 6.45) is 2.60. The molecule has 0 saturated carbocycles. The fourth-order valence-corrected chi connectivity index (χ4v) is 9.30. The minimum Gasteiger partial charge on any atom is -0.481 e. The molecule has 1 aromatic carbocycles. The molecule has 0 bridgehead atoms. The van der Waals surface area contributed by atoms with Crippen LogP contribution in [0.5, 0.6) is 0 Å². The van der Waals surface area contributed by atoms with Gasteiger partial charge in [0.05, 0.1) is 42.5 Å². The number of rotatable bonds is 31. The van der Waals surface area contributed by atoms with Gasteiger partial charge in [-0.3, -0.25) is 33.6 Å². The third-order valence-electron chi connectivity index (χ3n) is 13.7. The third-order valence-corrected chi connectivity index (χ3v) is 13.7. The van der Waals surface area contributed by atoms with Gasteiger partial charge in [0.25, 0.3) is 0 Å². The number of carboxylic acids is 2. The molecule has 0 aromatic heterocycles. The van der Waals surface area contributed by atoms with Gasteiger partial charge < -0.3 is 50.3 Å². The molecule has 10 atom stereocenters. The lowest BCUT2D eigenvalue weighted by molar-refractivity contribution is -0.149. The van der Waals surface area contributed by atoms with Gasteiger partial charge in [0, 0.05) is 60.7 Å². The summed E-state index contributed by atoms with van der Waals surface area (Å²) in [5.74, 6) is -6.28. The largest absolute Gasteiger partial charge is 0.481 e. The zero-order valence-electron chi connectivity index (χ0n) is 43.3. The van der Waals surface area contributed by atoms with Gasteiger partial charge in [0.2, 0.25) is 35.4 Å². The Labute approximate surface area is 410 Å². The molecule has 390 valence electrons. The highest BCUT2D eigenvalue weighted by Crippen LogP contribution is 2.30. The van der Waals surface area contributed by atoms with Crippen molar-refractivity contribution >= 4 is 47.4 Å². The zero-order valence-corrected chi connectivity index (χ0v) is 43.3. The minimum absolute atomic E-state index is 0.0284. The van der Waals surface area contributed by atoms with Gasteiger partial charge in [0.15, 0.2) is 0 Å². The number of benzene rings is 1. The van der Waals surface area contributed by atoms with Gasteiger partial charge in [-0.1, -0.05) is 98.6 Å². The maximum absolute atomic E-state index is 14.6. The fraction of sp³-hybridized carbons (Fsp3) is 0.725. The van der Waals surface area contributed by atoms with Crippen LogP contribution in [0.25, 0.3) is 0 Å². The van der Waals surface area contributed by atoms with E-state index >= 15 is 0 Å². The molecule has 1 aliphatic rings. The molecule has 0 spiro atoms. The van der Waals surface area contributed by atoms with Crippen LogP contribution >= 0.6 is 0 Å². The first-order valence-electron chi connectivity index (χ1n) is 24.8. The van der Waals surface area contributed by atoms with Gasteiger partial charge in [-0.25, -0.2) is 4.79 Å². The predicted octanol–water partition coefficient (Wildman–Crippen LogP) is 4.52. The van der Waals surface area contributed by atoms with Crippen molar-refractivity contribution in [1.29, 1.82) is 0 Å². The average Bonchev–Trinajstić information content (AvgIpc) is 3.79. The van der Waals surface area contributed by atoms with Crippen LogP contribution in [0.2, 0.25) is 0 Å². The monoisotopic (exact) mass is 973 g/mol. The number of carbonyl (C=O) groups excluding carboxylic acids is 6. The molecule has 0 aliphatic carbocycles. The lowest BCUT2D eigenvalue weighted by Crippen LogP contribution is -2.60. The van der Waals surface area contributed by atoms with Crippen molar-refractivity contribution in [3.63, 3.8) is 0 Å². The van der Waals surface area contributed by atoms with Crippen molar-refractivity contribution in [2.24, 2.45) is 29.6 Å². The number of nitrogens with one attached hydrogen (secondary N) is 3. The van der Waals surface area contributed by atoms with Crippen LogP contribution in [0, 0.1) is 29.6 Å². The second kappa shape index (κ2) is 29.8. The number of aliphatic carboxylic acids is 2. The Morgan fingerprint density at radius 2 is 1.45 bits per heavy atom. The summed E-state index contributed by atoms with van der Waals surface area (Å²) in [4.78, 5) is 110. The normalized spacial score (nSPS) is 17.7. The van der Waals surface area contributed by atoms with Crippen molar-refractivity contribution in [2.45, 2.75) is 168 Å². The smallest absolute Gasteiger partial charge is 0.326 e. The summed E-state index contributed by atoms with van der Waals surface area (Å²) < 4.78 is 11.9. The second-order valence-corrected chi connectivity index (χ2v) is 19.5. The Kier molecular flexibility index (Phi) is 25.9. The number of likely N-dealkylation sites (N-methyl/N-ethyl adjacent to an activating group) is 2. The van der Waals surface area contributed by atoms with E-state index in [1.54, 1.807) is 62.0 Å². The highest BCUT2D eigenvalue weighted by atomic mass is 16.5. The number of likely N-dealkylation sites (tertiary alicyclic amines) is 1. The second-order valence-electron chi connectivity index (χ2n) is 19.5. The van der Waals surface area contributed by atoms with Crippen LogP contribution in [0.3, 0.4) is 0 Å². The van der Waals surface area contributed by atoms with E-state index in [4.69, 9.17) is 14.6 Å². The van der Waals surface area contributed by atoms with Crippen molar-refractivity contribution < 1.29 is 58.0 Å². The molecule has 18 heteroatoms. The molecule has 18 nitrogen and oxygen atoms in total. The maximum atomic E-state index is 14.6. The number of hydrogen-bond donors (Lipinski definition) is 5. The van der Waals surface area contributed by atoms with Crippen LogP contribution in [-0.4, -0.2) is 156 Å². The molecule has 2 rings (SSSR count). The van der Waals surface area contributed by atoms with Gasteiger partial charge in [0.1, 0.15) is 18.1 Å². The van der Waals surface area contributed by atoms with Crippen LogP contribution in [0.15, 0.2) is 30.3 Å². The van der Waals surface area contributed by atoms with E-state index in [0.29, 0.717) is 51.6 Å². The number of nitrogens with zero attached hydrogens (tertiary/aromatic N) is 3. The van der Waals surface area contributed by atoms with Gasteiger partial charge in [-0.2, -0.15) is 0 Å². The van der Waals surface area contributed by atoms with Crippen molar-refractivity contribution in [2.75, 3.05) is 41.4 Å². The van der Waals surface area contributed by atoms with E-state index in [1.165, 1.54) is 19.1 Å². The van der Waals surface area contributed by atoms with E-state index in [2.05, 4.69) is 16.0 Å². The van der Waals surface area contributed by atoms with Crippen LogP contribution in [0.4, 0.5) is 0 Å². The summed E-state index contributed by atoms with van der Waals surface area (Å²) in [5.41, 5.74) is 0.759. The van der Waals surface area contributed by atoms with E-state index < -0.39 is 78.0 Å². The lowest BCUT2D eigenvalue weighted by atomic mass is 9.89. The first-order valence-corrected chi connectivity index (χ1v) is 24.8. The molecule has 69 heavy (non-hydrogen) atoms. The zero-order chi connectivity index (χ0) is 52.1. The van der Waals surface area contributed by atoms with Crippen LogP contribution < -0.4 is 16.0 Å². The molecular weight excluding hydrogens is 889 g/mol. The molecule has 1 unspecified atom stereocenters. The first kappa shape index (κ1) is 60.0. The summed E-state index contributed by atoms with van der Waals surface area (Å²) >= 11 is 0. The van der Waals surface area contributed by atoms with E-state index in [1.807, 2.05) is 47.6 Å².